The van der Waals surface area contributed by atoms with Crippen molar-refractivity contribution in [3.8, 4) is 0 Å². The van der Waals surface area contributed by atoms with Gasteiger partial charge in [-0.2, -0.15) is 0 Å². The summed E-state index contributed by atoms with van der Waals surface area (Å²) in [4.78, 5) is 21.3. The van der Waals surface area contributed by atoms with Gasteiger partial charge in [-0.1, -0.05) is 70.4 Å². The van der Waals surface area contributed by atoms with Crippen LogP contribution >= 0.6 is 23.5 Å². The van der Waals surface area contributed by atoms with E-state index in [-0.39, 0.29) is 5.91 Å². The molecule has 4 nitrogen and oxygen atoms in total. The zero-order chi connectivity index (χ0) is 22.7. The third-order valence-electron chi connectivity index (χ3n) is 5.27. The Bertz CT molecular complexity index is 625. The molecule has 0 aliphatic rings. The van der Waals surface area contributed by atoms with Gasteiger partial charge in [0, 0.05) is 6.42 Å². The summed E-state index contributed by atoms with van der Waals surface area (Å²) in [6.45, 7) is 4.15. The molecule has 1 amide bonds. The minimum absolute atomic E-state index is 0.0654. The summed E-state index contributed by atoms with van der Waals surface area (Å²) in [5.41, 5.74) is 0.767. The van der Waals surface area contributed by atoms with Gasteiger partial charge >= 0.3 is 0 Å². The second-order valence-electron chi connectivity index (χ2n) is 8.05. The Morgan fingerprint density at radius 2 is 1.29 bits per heavy atom. The molecule has 1 rings (SSSR count). The van der Waals surface area contributed by atoms with E-state index in [1.54, 1.807) is 23.5 Å². The van der Waals surface area contributed by atoms with Crippen molar-refractivity contribution in [1.29, 1.82) is 0 Å². The van der Waals surface area contributed by atoms with E-state index < -0.39 is 0 Å². The van der Waals surface area contributed by atoms with Gasteiger partial charge in [-0.05, 0) is 51.5 Å². The fourth-order valence-electron chi connectivity index (χ4n) is 3.48. The minimum Gasteiger partial charge on any atom is -0.322 e. The van der Waals surface area contributed by atoms with Crippen LogP contribution in [0.4, 0.5) is 5.69 Å². The number of nitrogens with one attached hydrogen (secondary N) is 1. The number of hydrogen-bond acceptors (Lipinski definition) is 5. The first-order chi connectivity index (χ1) is 15.1. The lowest BCUT2D eigenvalue weighted by molar-refractivity contribution is -0.116. The van der Waals surface area contributed by atoms with Gasteiger partial charge in [-0.15, -0.1) is 23.5 Å². The van der Waals surface area contributed by atoms with E-state index in [9.17, 15) is 4.79 Å². The van der Waals surface area contributed by atoms with E-state index in [1.807, 2.05) is 19.4 Å². The Morgan fingerprint density at radius 3 is 1.81 bits per heavy atom. The lowest BCUT2D eigenvalue weighted by Crippen LogP contribution is -2.14. The molecule has 0 saturated heterocycles. The molecule has 0 saturated carbocycles. The highest BCUT2D eigenvalue weighted by Gasteiger charge is 2.14. The highest BCUT2D eigenvalue weighted by atomic mass is 32.2. The molecule has 0 unspecified atom stereocenters. The van der Waals surface area contributed by atoms with Crippen LogP contribution < -0.4 is 5.32 Å². The first-order valence-corrected chi connectivity index (χ1v) is 14.5. The second kappa shape index (κ2) is 18.6. The first-order valence-electron chi connectivity index (χ1n) is 12.0. The number of hydrogen-bond donors (Lipinski definition) is 1. The molecule has 0 fully saturated rings. The molecule has 1 aromatic rings. The van der Waals surface area contributed by atoms with E-state index in [4.69, 9.17) is 0 Å². The van der Waals surface area contributed by atoms with E-state index in [2.05, 4.69) is 34.4 Å². The van der Waals surface area contributed by atoms with Crippen molar-refractivity contribution < 1.29 is 4.79 Å². The maximum atomic E-state index is 12.4. The Labute approximate surface area is 199 Å². The monoisotopic (exact) mass is 465 g/mol. The van der Waals surface area contributed by atoms with Gasteiger partial charge in [-0.3, -0.25) is 4.79 Å². The van der Waals surface area contributed by atoms with Crippen LogP contribution in [-0.4, -0.2) is 28.4 Å². The molecule has 6 heteroatoms. The maximum Gasteiger partial charge on any atom is 0.224 e. The quantitative estimate of drug-likeness (QED) is 0.102. The van der Waals surface area contributed by atoms with Crippen molar-refractivity contribution in [3.63, 3.8) is 0 Å². The Balaban J connectivity index is 2.08. The number of rotatable bonds is 18. The number of carbonyl (C=O) groups is 1. The number of anilines is 1. The first kappa shape index (κ1) is 28.0. The highest BCUT2D eigenvalue weighted by Crippen LogP contribution is 2.31. The van der Waals surface area contributed by atoms with Crippen LogP contribution in [0.25, 0.3) is 0 Å². The van der Waals surface area contributed by atoms with Crippen molar-refractivity contribution >= 4 is 35.1 Å². The zero-order valence-electron chi connectivity index (χ0n) is 20.2. The fourth-order valence-corrected chi connectivity index (χ4v) is 4.70. The molecule has 1 aromatic heterocycles. The van der Waals surface area contributed by atoms with Gasteiger partial charge in [0.25, 0.3) is 0 Å². The van der Waals surface area contributed by atoms with E-state index in [0.717, 1.165) is 34.4 Å². The van der Waals surface area contributed by atoms with Crippen molar-refractivity contribution in [2.45, 2.75) is 114 Å². The largest absolute Gasteiger partial charge is 0.322 e. The van der Waals surface area contributed by atoms with E-state index in [0.29, 0.717) is 6.42 Å². The summed E-state index contributed by atoms with van der Waals surface area (Å²) >= 11 is 3.09. The highest BCUT2D eigenvalue weighted by molar-refractivity contribution is 7.99. The topological polar surface area (TPSA) is 54.9 Å². The van der Waals surface area contributed by atoms with Gasteiger partial charge in [0.2, 0.25) is 5.91 Å². The van der Waals surface area contributed by atoms with Gasteiger partial charge in [0.15, 0.2) is 0 Å². The smallest absolute Gasteiger partial charge is 0.224 e. The summed E-state index contributed by atoms with van der Waals surface area (Å²) in [5.74, 6) is 0.805. The summed E-state index contributed by atoms with van der Waals surface area (Å²) in [7, 11) is 0. The molecular weight excluding hydrogens is 422 g/mol. The molecule has 0 aromatic carbocycles. The van der Waals surface area contributed by atoms with Gasteiger partial charge in [0.05, 0.1) is 0 Å². The maximum absolute atomic E-state index is 12.4. The van der Waals surface area contributed by atoms with E-state index >= 15 is 0 Å². The summed E-state index contributed by atoms with van der Waals surface area (Å²) < 4.78 is 0. The molecule has 1 heterocycles. The standard InChI is InChI=1S/C25H43N3OS2/c1-5-6-7-8-9-10-11-12-13-14-15-16-17-18-19-20-22(29)28-23-24(30-3)26-21(2)27-25(23)31-4/h12-13H,5-11,14-20H2,1-4H3,(H,28,29). The molecule has 0 radical (unpaired) electrons. The third kappa shape index (κ3) is 13.2. The Hall–Kier alpha value is -1.01. The van der Waals surface area contributed by atoms with Crippen molar-refractivity contribution in [2.75, 3.05) is 17.8 Å². The van der Waals surface area contributed by atoms with Gasteiger partial charge < -0.3 is 5.32 Å². The lowest BCUT2D eigenvalue weighted by atomic mass is 10.1. The van der Waals surface area contributed by atoms with Crippen LogP contribution in [0, 0.1) is 6.92 Å². The molecule has 1 N–H and O–H groups in total. The molecule has 0 spiro atoms. The predicted molar refractivity (Wildman–Crippen MR) is 138 cm³/mol. The third-order valence-corrected chi connectivity index (χ3v) is 6.64. The minimum atomic E-state index is 0.0654. The molecule has 31 heavy (non-hydrogen) atoms. The molecule has 176 valence electrons. The second-order valence-corrected chi connectivity index (χ2v) is 9.64. The predicted octanol–water partition coefficient (Wildman–Crippen LogP) is 8.20. The number of thioether (sulfide) groups is 2. The SMILES string of the molecule is CCCCCCCCC=CCCCCCCCC(=O)Nc1c(SC)nc(C)nc1SC. The summed E-state index contributed by atoms with van der Waals surface area (Å²) in [5, 5.41) is 4.73. The fraction of sp³-hybridized carbons (Fsp3) is 0.720. The van der Waals surface area contributed by atoms with Crippen LogP contribution in [0.2, 0.25) is 0 Å². The average molecular weight is 466 g/mol. The molecule has 0 atom stereocenters. The Morgan fingerprint density at radius 1 is 0.806 bits per heavy atom. The number of carbonyl (C=O) groups excluding carboxylic acids is 1. The van der Waals surface area contributed by atoms with Crippen LogP contribution in [0.15, 0.2) is 22.2 Å². The molecular formula is C25H43N3OS2. The summed E-state index contributed by atoms with van der Waals surface area (Å²) in [6, 6.07) is 0. The Kier molecular flexibility index (Phi) is 16.8. The van der Waals surface area contributed by atoms with Crippen LogP contribution in [0.3, 0.4) is 0 Å². The van der Waals surface area contributed by atoms with Crippen molar-refractivity contribution in [2.24, 2.45) is 0 Å². The number of allylic oxidation sites excluding steroid dienone is 2. The molecule has 0 aliphatic carbocycles. The van der Waals surface area contributed by atoms with Crippen molar-refractivity contribution in [1.82, 2.24) is 9.97 Å². The van der Waals surface area contributed by atoms with Crippen molar-refractivity contribution in [3.05, 3.63) is 18.0 Å². The number of nitrogens with zero attached hydrogens (tertiary/aromatic N) is 2. The number of aryl methyl sites for hydroxylation is 1. The summed E-state index contributed by atoms with van der Waals surface area (Å²) in [6.07, 6.45) is 25.7. The molecule has 0 aliphatic heterocycles. The molecule has 0 bridgehead atoms. The number of aromatic nitrogens is 2. The normalized spacial score (nSPS) is 11.4. The zero-order valence-corrected chi connectivity index (χ0v) is 21.8. The van der Waals surface area contributed by atoms with Crippen LogP contribution in [0.5, 0.6) is 0 Å². The van der Waals surface area contributed by atoms with Crippen LogP contribution in [-0.2, 0) is 4.79 Å². The van der Waals surface area contributed by atoms with E-state index in [1.165, 1.54) is 70.6 Å². The lowest BCUT2D eigenvalue weighted by Gasteiger charge is -2.12. The van der Waals surface area contributed by atoms with Gasteiger partial charge in [0.1, 0.15) is 21.6 Å². The number of amides is 1. The number of unbranched alkanes of at least 4 members (excludes halogenated alkanes) is 11. The van der Waals surface area contributed by atoms with Crippen LogP contribution in [0.1, 0.15) is 103 Å². The average Bonchev–Trinajstić information content (AvgIpc) is 2.77. The van der Waals surface area contributed by atoms with Gasteiger partial charge in [-0.25, -0.2) is 9.97 Å².